The first-order valence-electron chi connectivity index (χ1n) is 5.90. The van der Waals surface area contributed by atoms with Crippen molar-refractivity contribution in [1.82, 2.24) is 4.98 Å². The number of hydrogen-bond acceptors (Lipinski definition) is 4. The Morgan fingerprint density at radius 2 is 2.31 bits per heavy atom. The van der Waals surface area contributed by atoms with Gasteiger partial charge < -0.3 is 10.3 Å². The van der Waals surface area contributed by atoms with Crippen LogP contribution in [0.5, 0.6) is 0 Å². The zero-order chi connectivity index (χ0) is 11.5. The van der Waals surface area contributed by atoms with Crippen LogP contribution in [0, 0.1) is 5.92 Å². The van der Waals surface area contributed by atoms with E-state index in [0.29, 0.717) is 6.04 Å². The second kappa shape index (κ2) is 4.70. The zero-order valence-electron chi connectivity index (χ0n) is 9.98. The number of nitrogens with zero attached hydrogens (tertiary/aromatic N) is 2. The second-order valence-corrected chi connectivity index (χ2v) is 4.72. The Bertz CT molecular complexity index is 353. The number of hydrazine groups is 1. The number of pyridine rings is 1. The van der Waals surface area contributed by atoms with Crippen LogP contribution in [-0.4, -0.2) is 17.6 Å². The first-order valence-corrected chi connectivity index (χ1v) is 5.90. The molecule has 0 bridgehead atoms. The minimum atomic E-state index is 0.594. The lowest BCUT2D eigenvalue weighted by molar-refractivity contribution is 0.378. The molecule has 0 spiro atoms. The topological polar surface area (TPSA) is 54.2 Å². The van der Waals surface area contributed by atoms with E-state index in [4.69, 9.17) is 5.84 Å². The van der Waals surface area contributed by atoms with Gasteiger partial charge in [0.15, 0.2) is 0 Å². The third-order valence-electron chi connectivity index (χ3n) is 3.36. The number of piperidine rings is 1. The van der Waals surface area contributed by atoms with E-state index < -0.39 is 0 Å². The molecule has 1 aliphatic rings. The molecule has 2 atom stereocenters. The normalized spacial score (nSPS) is 25.6. The Morgan fingerprint density at radius 1 is 1.50 bits per heavy atom. The Labute approximate surface area is 96.8 Å². The monoisotopic (exact) mass is 220 g/mol. The van der Waals surface area contributed by atoms with Crippen LogP contribution in [-0.2, 0) is 0 Å². The summed E-state index contributed by atoms with van der Waals surface area (Å²) >= 11 is 0. The molecule has 0 aromatic carbocycles. The molecule has 1 saturated heterocycles. The molecule has 16 heavy (non-hydrogen) atoms. The van der Waals surface area contributed by atoms with Crippen molar-refractivity contribution in [3.05, 3.63) is 18.3 Å². The molecule has 2 heterocycles. The molecular formula is C12H20N4. The summed E-state index contributed by atoms with van der Waals surface area (Å²) in [6.07, 6.45) is 4.32. The third kappa shape index (κ3) is 2.27. The van der Waals surface area contributed by atoms with Crippen molar-refractivity contribution in [2.75, 3.05) is 16.9 Å². The molecule has 0 amide bonds. The maximum atomic E-state index is 5.37. The van der Waals surface area contributed by atoms with Crippen LogP contribution < -0.4 is 16.2 Å². The van der Waals surface area contributed by atoms with E-state index >= 15 is 0 Å². The molecule has 2 unspecified atom stereocenters. The van der Waals surface area contributed by atoms with Gasteiger partial charge in [0.2, 0.25) is 0 Å². The average Bonchev–Trinajstić information content (AvgIpc) is 2.29. The van der Waals surface area contributed by atoms with E-state index in [1.807, 2.05) is 12.1 Å². The first-order chi connectivity index (χ1) is 7.70. The number of rotatable bonds is 2. The maximum absolute atomic E-state index is 5.37. The zero-order valence-corrected chi connectivity index (χ0v) is 9.98. The Balaban J connectivity index is 2.16. The molecule has 1 aromatic heterocycles. The van der Waals surface area contributed by atoms with Crippen molar-refractivity contribution in [2.45, 2.75) is 32.7 Å². The Hall–Kier alpha value is -1.29. The predicted molar refractivity (Wildman–Crippen MR) is 67.3 cm³/mol. The van der Waals surface area contributed by atoms with Gasteiger partial charge in [-0.3, -0.25) is 0 Å². The molecular weight excluding hydrogens is 200 g/mol. The Morgan fingerprint density at radius 3 is 3.00 bits per heavy atom. The maximum Gasteiger partial charge on any atom is 0.141 e. The van der Waals surface area contributed by atoms with Crippen LogP contribution in [0.15, 0.2) is 18.3 Å². The number of hydrogen-bond donors (Lipinski definition) is 2. The number of nitrogens with one attached hydrogen (secondary N) is 1. The van der Waals surface area contributed by atoms with E-state index in [-0.39, 0.29) is 0 Å². The highest BCUT2D eigenvalue weighted by Gasteiger charge is 2.23. The molecule has 1 aliphatic heterocycles. The highest BCUT2D eigenvalue weighted by molar-refractivity contribution is 5.54. The molecule has 4 heteroatoms. The summed E-state index contributed by atoms with van der Waals surface area (Å²) < 4.78 is 0. The van der Waals surface area contributed by atoms with Crippen LogP contribution in [0.2, 0.25) is 0 Å². The van der Waals surface area contributed by atoms with Crippen LogP contribution in [0.25, 0.3) is 0 Å². The molecule has 0 aliphatic carbocycles. The summed E-state index contributed by atoms with van der Waals surface area (Å²) in [6, 6.07) is 4.65. The highest BCUT2D eigenvalue weighted by Crippen LogP contribution is 2.28. The fourth-order valence-corrected chi connectivity index (χ4v) is 2.47. The summed E-state index contributed by atoms with van der Waals surface area (Å²) in [5.74, 6) is 6.93. The van der Waals surface area contributed by atoms with Crippen LogP contribution in [0.4, 0.5) is 11.5 Å². The van der Waals surface area contributed by atoms with Gasteiger partial charge in [0.1, 0.15) is 5.82 Å². The predicted octanol–water partition coefficient (Wildman–Crippen LogP) is 1.99. The molecule has 88 valence electrons. The summed E-state index contributed by atoms with van der Waals surface area (Å²) in [6.45, 7) is 5.73. The molecule has 3 N–H and O–H groups in total. The molecule has 0 radical (unpaired) electrons. The van der Waals surface area contributed by atoms with E-state index in [2.05, 4.69) is 29.2 Å². The highest BCUT2D eigenvalue weighted by atomic mass is 15.3. The van der Waals surface area contributed by atoms with Crippen molar-refractivity contribution in [1.29, 1.82) is 0 Å². The van der Waals surface area contributed by atoms with Gasteiger partial charge in [-0.1, -0.05) is 6.92 Å². The summed E-state index contributed by atoms with van der Waals surface area (Å²) in [5, 5.41) is 0. The molecule has 4 nitrogen and oxygen atoms in total. The number of nitrogen functional groups attached to an aromatic ring is 1. The third-order valence-corrected chi connectivity index (χ3v) is 3.36. The van der Waals surface area contributed by atoms with Crippen molar-refractivity contribution in [3.8, 4) is 0 Å². The van der Waals surface area contributed by atoms with Gasteiger partial charge in [0.05, 0.1) is 0 Å². The van der Waals surface area contributed by atoms with Gasteiger partial charge in [0, 0.05) is 30.5 Å². The van der Waals surface area contributed by atoms with Crippen molar-refractivity contribution in [3.63, 3.8) is 0 Å². The van der Waals surface area contributed by atoms with E-state index in [1.165, 1.54) is 18.5 Å². The van der Waals surface area contributed by atoms with Gasteiger partial charge in [-0.05, 0) is 31.7 Å². The minimum Gasteiger partial charge on any atom is -0.369 e. The number of nitrogens with two attached hydrogens (primary N) is 1. The average molecular weight is 220 g/mol. The lowest BCUT2D eigenvalue weighted by atomic mass is 9.93. The standard InChI is InChI=1S/C12H20N4/c1-9-4-6-16(10(2)7-9)11-3-5-14-12(8-11)15-13/h3,5,8-10H,4,6-7,13H2,1-2H3,(H,14,15). The van der Waals surface area contributed by atoms with Crippen molar-refractivity contribution in [2.24, 2.45) is 11.8 Å². The minimum absolute atomic E-state index is 0.594. The lowest BCUT2D eigenvalue weighted by Gasteiger charge is -2.38. The van der Waals surface area contributed by atoms with Crippen LogP contribution in [0.1, 0.15) is 26.7 Å². The van der Waals surface area contributed by atoms with Crippen molar-refractivity contribution < 1.29 is 0 Å². The summed E-state index contributed by atoms with van der Waals surface area (Å²) in [4.78, 5) is 6.56. The second-order valence-electron chi connectivity index (χ2n) is 4.72. The number of aromatic nitrogens is 1. The van der Waals surface area contributed by atoms with Crippen molar-refractivity contribution >= 4 is 11.5 Å². The van der Waals surface area contributed by atoms with E-state index in [9.17, 15) is 0 Å². The van der Waals surface area contributed by atoms with Gasteiger partial charge in [-0.15, -0.1) is 0 Å². The quantitative estimate of drug-likeness (QED) is 0.591. The SMILES string of the molecule is CC1CCN(c2ccnc(NN)c2)C(C)C1. The van der Waals surface area contributed by atoms with Gasteiger partial charge in [0.25, 0.3) is 0 Å². The Kier molecular flexibility index (Phi) is 3.29. The number of anilines is 2. The van der Waals surface area contributed by atoms with Crippen LogP contribution >= 0.6 is 0 Å². The molecule has 0 saturated carbocycles. The smallest absolute Gasteiger partial charge is 0.141 e. The van der Waals surface area contributed by atoms with Gasteiger partial charge in [-0.25, -0.2) is 10.8 Å². The molecule has 2 rings (SSSR count). The molecule has 1 aromatic rings. The van der Waals surface area contributed by atoms with E-state index in [1.54, 1.807) is 6.20 Å². The van der Waals surface area contributed by atoms with Gasteiger partial charge >= 0.3 is 0 Å². The van der Waals surface area contributed by atoms with E-state index in [0.717, 1.165) is 18.3 Å². The van der Waals surface area contributed by atoms with Gasteiger partial charge in [-0.2, -0.15) is 0 Å². The largest absolute Gasteiger partial charge is 0.369 e. The summed E-state index contributed by atoms with van der Waals surface area (Å²) in [5.41, 5.74) is 3.80. The lowest BCUT2D eigenvalue weighted by Crippen LogP contribution is -2.40. The van der Waals surface area contributed by atoms with Crippen LogP contribution in [0.3, 0.4) is 0 Å². The molecule has 1 fully saturated rings. The summed E-state index contributed by atoms with van der Waals surface area (Å²) in [7, 11) is 0. The fraction of sp³-hybridized carbons (Fsp3) is 0.583. The first kappa shape index (κ1) is 11.2. The fourth-order valence-electron chi connectivity index (χ4n) is 2.47.